The van der Waals surface area contributed by atoms with Gasteiger partial charge in [0.25, 0.3) is 5.78 Å². The van der Waals surface area contributed by atoms with E-state index in [1.165, 1.54) is 52.8 Å². The van der Waals surface area contributed by atoms with Crippen molar-refractivity contribution in [2.24, 2.45) is 10.8 Å². The molecule has 3 nitrogen and oxygen atoms in total. The molecular formula is C32H35F3IrNO2S-. The van der Waals surface area contributed by atoms with Gasteiger partial charge in [0.15, 0.2) is 0 Å². The van der Waals surface area contributed by atoms with Crippen molar-refractivity contribution in [1.29, 1.82) is 0 Å². The summed E-state index contributed by atoms with van der Waals surface area (Å²) in [4.78, 5) is 15.1. The summed E-state index contributed by atoms with van der Waals surface area (Å²) in [5, 5.41) is 15.3. The third-order valence-electron chi connectivity index (χ3n) is 6.00. The molecule has 4 rings (SSSR count). The second-order valence-electron chi connectivity index (χ2n) is 12.1. The molecule has 0 aliphatic heterocycles. The van der Waals surface area contributed by atoms with Gasteiger partial charge in [0.05, 0.1) is 0 Å². The summed E-state index contributed by atoms with van der Waals surface area (Å²) < 4.78 is 36.4. The molecule has 0 amide bonds. The molecule has 8 heteroatoms. The van der Waals surface area contributed by atoms with E-state index < -0.39 is 23.1 Å². The van der Waals surface area contributed by atoms with Crippen LogP contribution in [0.1, 0.15) is 58.2 Å². The quantitative estimate of drug-likeness (QED) is 0.129. The van der Waals surface area contributed by atoms with Gasteiger partial charge in [0.1, 0.15) is 5.76 Å². The van der Waals surface area contributed by atoms with E-state index in [0.29, 0.717) is 5.41 Å². The molecule has 1 radical (unpaired) electrons. The fraction of sp³-hybridized carbons (Fsp3) is 0.375. The zero-order chi connectivity index (χ0) is 29.3. The van der Waals surface area contributed by atoms with Gasteiger partial charge in [0, 0.05) is 42.5 Å². The minimum atomic E-state index is -4.92. The molecular weight excluding hydrogens is 712 g/mol. The molecule has 0 bridgehead atoms. The fourth-order valence-corrected chi connectivity index (χ4v) is 5.27. The van der Waals surface area contributed by atoms with Crippen molar-refractivity contribution < 1.29 is 43.2 Å². The summed E-state index contributed by atoms with van der Waals surface area (Å²) in [6, 6.07) is 14.5. The number of alkyl halides is 3. The van der Waals surface area contributed by atoms with Crippen LogP contribution in [0.15, 0.2) is 53.7 Å². The number of thiophene rings is 1. The van der Waals surface area contributed by atoms with Crippen LogP contribution < -0.4 is 0 Å². The maximum Gasteiger partial charge on any atom is 0.454 e. The predicted octanol–water partition coefficient (Wildman–Crippen LogP) is 9.73. The molecule has 2 aromatic carbocycles. The molecule has 2 heterocycles. The average molecular weight is 747 g/mol. The number of hydrogen-bond acceptors (Lipinski definition) is 4. The number of pyridine rings is 1. The number of aliphatic hydroxyl groups excluding tert-OH is 1. The van der Waals surface area contributed by atoms with Crippen molar-refractivity contribution >= 4 is 38.0 Å². The number of rotatable bonds is 3. The second-order valence-corrected chi connectivity index (χ2v) is 13.0. The molecule has 2 aromatic heterocycles. The van der Waals surface area contributed by atoms with Crippen LogP contribution in [-0.4, -0.2) is 22.1 Å². The molecule has 40 heavy (non-hydrogen) atoms. The Morgan fingerprint density at radius 3 is 2.17 bits per heavy atom. The average Bonchev–Trinajstić information content (AvgIpc) is 3.18. The predicted molar refractivity (Wildman–Crippen MR) is 155 cm³/mol. The molecule has 0 saturated heterocycles. The molecule has 0 aliphatic carbocycles. The first-order chi connectivity index (χ1) is 17.9. The van der Waals surface area contributed by atoms with Gasteiger partial charge in [0.2, 0.25) is 0 Å². The van der Waals surface area contributed by atoms with Crippen LogP contribution in [0.2, 0.25) is 0 Å². The topological polar surface area (TPSA) is 50.2 Å². The molecule has 0 saturated carbocycles. The van der Waals surface area contributed by atoms with E-state index in [1.54, 1.807) is 0 Å². The van der Waals surface area contributed by atoms with E-state index in [1.807, 2.05) is 17.5 Å². The molecule has 0 atom stereocenters. The minimum Gasteiger partial charge on any atom is -0.512 e. The molecule has 0 unspecified atom stereocenters. The van der Waals surface area contributed by atoms with E-state index in [0.717, 1.165) is 23.2 Å². The summed E-state index contributed by atoms with van der Waals surface area (Å²) in [5.41, 5.74) is 5.42. The van der Waals surface area contributed by atoms with E-state index in [9.17, 15) is 18.0 Å². The first-order valence-electron chi connectivity index (χ1n) is 12.7. The summed E-state index contributed by atoms with van der Waals surface area (Å²) >= 11 is 1.86. The molecule has 4 aromatic rings. The number of ketones is 1. The first-order valence-corrected chi connectivity index (χ1v) is 13.6. The fourth-order valence-electron chi connectivity index (χ4n) is 4.17. The van der Waals surface area contributed by atoms with E-state index in [4.69, 9.17) is 10.1 Å². The summed E-state index contributed by atoms with van der Waals surface area (Å²) in [7, 11) is 0. The number of halogens is 3. The summed E-state index contributed by atoms with van der Waals surface area (Å²) in [6.07, 6.45) is -1.67. The number of hydrogen-bond donors (Lipinski definition) is 1. The standard InChI is InChI=1S/C24H24NS.C8H11F3O2.Ir/c1-15-10-16(2)12-17(11-15)22-20-7-6-19-18(13-24(3,4)5)14-26-23(19)21(20)8-9-25-22;1-7(2,3)5(12)4-6(13)8(9,10)11;/h6-11,14H,13H2,1-5H3;4,12H,1-3H3;/q-1;;/b;5-4-;. The van der Waals surface area contributed by atoms with Crippen molar-refractivity contribution in [3.05, 3.63) is 76.5 Å². The van der Waals surface area contributed by atoms with Crippen LogP contribution >= 0.6 is 11.3 Å². The maximum absolute atomic E-state index is 11.7. The van der Waals surface area contributed by atoms with Gasteiger partial charge in [-0.3, -0.25) is 4.79 Å². The maximum atomic E-state index is 11.7. The zero-order valence-electron chi connectivity index (χ0n) is 24.0. The minimum absolute atomic E-state index is 0. The Morgan fingerprint density at radius 1 is 1.00 bits per heavy atom. The number of carbonyl (C=O) groups excluding carboxylic acids is 1. The van der Waals surface area contributed by atoms with Crippen LogP contribution in [0, 0.1) is 30.7 Å². The number of fused-ring (bicyclic) bond motifs is 3. The Bertz CT molecular complexity index is 1520. The number of aryl methyl sites for hydroxylation is 2. The number of benzene rings is 2. The molecule has 217 valence electrons. The van der Waals surface area contributed by atoms with E-state index in [-0.39, 0.29) is 26.2 Å². The first kappa shape index (κ1) is 33.7. The Balaban J connectivity index is 0.000000344. The van der Waals surface area contributed by atoms with Crippen molar-refractivity contribution in [3.63, 3.8) is 0 Å². The zero-order valence-corrected chi connectivity index (χ0v) is 27.2. The Morgan fingerprint density at radius 2 is 1.62 bits per heavy atom. The summed E-state index contributed by atoms with van der Waals surface area (Å²) in [6.45, 7) is 15.6. The Labute approximate surface area is 251 Å². The van der Waals surface area contributed by atoms with Gasteiger partial charge in [-0.15, -0.1) is 46.2 Å². The normalized spacial score (nSPS) is 12.6. The summed E-state index contributed by atoms with van der Waals surface area (Å²) in [5.74, 6) is -2.62. The number of nitrogens with zero attached hydrogens (tertiary/aromatic N) is 1. The molecule has 0 fully saturated rings. The Kier molecular flexibility index (Phi) is 10.6. The number of carbonyl (C=O) groups is 1. The van der Waals surface area contributed by atoms with Crippen molar-refractivity contribution in [3.8, 4) is 11.3 Å². The van der Waals surface area contributed by atoms with Crippen molar-refractivity contribution in [1.82, 2.24) is 4.98 Å². The van der Waals surface area contributed by atoms with Crippen molar-refractivity contribution in [2.75, 3.05) is 0 Å². The van der Waals surface area contributed by atoms with Crippen molar-refractivity contribution in [2.45, 2.75) is 68.0 Å². The Hall–Kier alpha value is -2.54. The van der Waals surface area contributed by atoms with Gasteiger partial charge in [-0.2, -0.15) is 13.2 Å². The molecule has 1 N–H and O–H groups in total. The van der Waals surface area contributed by atoms with Crippen LogP contribution in [0.25, 0.3) is 32.1 Å². The van der Waals surface area contributed by atoms with Crippen LogP contribution in [-0.2, 0) is 31.3 Å². The van der Waals surface area contributed by atoms with Gasteiger partial charge in [-0.25, -0.2) is 0 Å². The third-order valence-corrected chi connectivity index (χ3v) is 7.08. The van der Waals surface area contributed by atoms with Gasteiger partial charge in [-0.1, -0.05) is 67.5 Å². The second kappa shape index (κ2) is 12.5. The third kappa shape index (κ3) is 8.48. The number of allylic oxidation sites excluding steroid dienone is 2. The van der Waals surface area contributed by atoms with E-state index >= 15 is 0 Å². The molecule has 0 aliphatic rings. The van der Waals surface area contributed by atoms with Crippen LogP contribution in [0.3, 0.4) is 0 Å². The monoisotopic (exact) mass is 747 g/mol. The van der Waals surface area contributed by atoms with E-state index in [2.05, 4.69) is 76.4 Å². The molecule has 0 spiro atoms. The number of aliphatic hydroxyl groups is 1. The van der Waals surface area contributed by atoms with Gasteiger partial charge in [-0.05, 0) is 50.7 Å². The smallest absolute Gasteiger partial charge is 0.454 e. The van der Waals surface area contributed by atoms with Crippen LogP contribution in [0.5, 0.6) is 0 Å². The SMILES string of the molecule is CC(C)(C)/C(O)=C/C(=O)C(F)(F)F.Cc1[c-]c(-c2nccc3c2ccc2c(CC(C)(C)C)csc23)cc(C)c1.[Ir]. The van der Waals surface area contributed by atoms with Gasteiger partial charge >= 0.3 is 6.18 Å². The number of aromatic nitrogens is 1. The largest absolute Gasteiger partial charge is 0.512 e. The van der Waals surface area contributed by atoms with Gasteiger partial charge < -0.3 is 10.1 Å². The van der Waals surface area contributed by atoms with Crippen LogP contribution in [0.4, 0.5) is 13.2 Å².